The Morgan fingerprint density at radius 3 is 2.46 bits per heavy atom. The van der Waals surface area contributed by atoms with E-state index in [1.54, 1.807) is 0 Å². The standard InChI is InChI=1S/C7H10F3NO2/c1-13-5(12)6(7(8,9)10)3-2-4-11-6/h11H,2-4H2,1H3/t6-/m0/s1. The summed E-state index contributed by atoms with van der Waals surface area (Å²) < 4.78 is 41.6. The van der Waals surface area contributed by atoms with Gasteiger partial charge in [0.05, 0.1) is 7.11 Å². The van der Waals surface area contributed by atoms with Crippen LogP contribution in [0.15, 0.2) is 0 Å². The lowest BCUT2D eigenvalue weighted by Crippen LogP contribution is -2.59. The zero-order valence-corrected chi connectivity index (χ0v) is 7.07. The number of esters is 1. The molecule has 1 saturated heterocycles. The van der Waals surface area contributed by atoms with Crippen molar-refractivity contribution in [3.63, 3.8) is 0 Å². The maximum atomic E-state index is 12.5. The summed E-state index contributed by atoms with van der Waals surface area (Å²) >= 11 is 0. The molecular formula is C7H10F3NO2. The van der Waals surface area contributed by atoms with Gasteiger partial charge in [0.2, 0.25) is 5.54 Å². The molecule has 0 aromatic heterocycles. The fraction of sp³-hybridized carbons (Fsp3) is 0.857. The van der Waals surface area contributed by atoms with E-state index in [9.17, 15) is 18.0 Å². The van der Waals surface area contributed by atoms with Gasteiger partial charge in [0, 0.05) is 0 Å². The first-order valence-corrected chi connectivity index (χ1v) is 3.84. The first-order chi connectivity index (χ1) is 5.94. The second-order valence-corrected chi connectivity index (χ2v) is 2.93. The van der Waals surface area contributed by atoms with Gasteiger partial charge >= 0.3 is 12.1 Å². The van der Waals surface area contributed by atoms with Gasteiger partial charge in [0.1, 0.15) is 0 Å². The zero-order chi connectivity index (χ0) is 10.1. The number of halogens is 3. The number of ether oxygens (including phenoxy) is 1. The van der Waals surface area contributed by atoms with Crippen LogP contribution in [0.25, 0.3) is 0 Å². The maximum absolute atomic E-state index is 12.5. The van der Waals surface area contributed by atoms with Crippen molar-refractivity contribution in [1.29, 1.82) is 0 Å². The van der Waals surface area contributed by atoms with Crippen LogP contribution in [0, 0.1) is 0 Å². The van der Waals surface area contributed by atoms with Crippen LogP contribution in [-0.2, 0) is 9.53 Å². The molecule has 0 aromatic rings. The van der Waals surface area contributed by atoms with Gasteiger partial charge in [0.15, 0.2) is 0 Å². The van der Waals surface area contributed by atoms with Gasteiger partial charge in [-0.25, -0.2) is 4.79 Å². The summed E-state index contributed by atoms with van der Waals surface area (Å²) in [6, 6.07) is 0. The van der Waals surface area contributed by atoms with Gasteiger partial charge in [-0.05, 0) is 19.4 Å². The summed E-state index contributed by atoms with van der Waals surface area (Å²) in [6.45, 7) is 0.189. The molecule has 1 N–H and O–H groups in total. The number of hydrogen-bond donors (Lipinski definition) is 1. The second-order valence-electron chi connectivity index (χ2n) is 2.93. The van der Waals surface area contributed by atoms with E-state index in [2.05, 4.69) is 10.1 Å². The lowest BCUT2D eigenvalue weighted by molar-refractivity contribution is -0.208. The first kappa shape index (κ1) is 10.3. The number of rotatable bonds is 1. The quantitative estimate of drug-likeness (QED) is 0.633. The third kappa shape index (κ3) is 1.50. The summed E-state index contributed by atoms with van der Waals surface area (Å²) in [7, 11) is 0.954. The third-order valence-electron chi connectivity index (χ3n) is 2.17. The van der Waals surface area contributed by atoms with Crippen LogP contribution < -0.4 is 5.32 Å². The molecule has 13 heavy (non-hydrogen) atoms. The van der Waals surface area contributed by atoms with Crippen molar-refractivity contribution in [3.8, 4) is 0 Å². The third-order valence-corrected chi connectivity index (χ3v) is 2.17. The average molecular weight is 197 g/mol. The van der Waals surface area contributed by atoms with E-state index in [-0.39, 0.29) is 13.0 Å². The highest BCUT2D eigenvalue weighted by atomic mass is 19.4. The summed E-state index contributed by atoms with van der Waals surface area (Å²) in [4.78, 5) is 11.0. The lowest BCUT2D eigenvalue weighted by Gasteiger charge is -2.28. The second kappa shape index (κ2) is 3.17. The van der Waals surface area contributed by atoms with Crippen LogP contribution in [0.2, 0.25) is 0 Å². The van der Waals surface area contributed by atoms with Gasteiger partial charge in [-0.3, -0.25) is 5.32 Å². The van der Waals surface area contributed by atoms with Crippen molar-refractivity contribution in [2.75, 3.05) is 13.7 Å². The van der Waals surface area contributed by atoms with E-state index in [1.807, 2.05) is 0 Å². The Kier molecular flexibility index (Phi) is 2.51. The van der Waals surface area contributed by atoms with Gasteiger partial charge in [-0.15, -0.1) is 0 Å². The number of nitrogens with one attached hydrogen (secondary N) is 1. The Morgan fingerprint density at radius 2 is 2.15 bits per heavy atom. The van der Waals surface area contributed by atoms with Crippen molar-refractivity contribution in [2.45, 2.75) is 24.6 Å². The predicted octanol–water partition coefficient (Wildman–Crippen LogP) is 0.844. The molecular weight excluding hydrogens is 187 g/mol. The fourth-order valence-electron chi connectivity index (χ4n) is 1.45. The van der Waals surface area contributed by atoms with Crippen LogP contribution in [0.1, 0.15) is 12.8 Å². The van der Waals surface area contributed by atoms with E-state index in [0.29, 0.717) is 6.42 Å². The van der Waals surface area contributed by atoms with Crippen molar-refractivity contribution in [1.82, 2.24) is 5.32 Å². The SMILES string of the molecule is COC(=O)[C@]1(C(F)(F)F)CCCN1. The Labute approximate surface area is 73.2 Å². The molecule has 3 nitrogen and oxygen atoms in total. The monoisotopic (exact) mass is 197 g/mol. The molecule has 1 aliphatic heterocycles. The van der Waals surface area contributed by atoms with E-state index < -0.39 is 17.7 Å². The summed E-state index contributed by atoms with van der Waals surface area (Å²) in [5.74, 6) is -1.25. The minimum atomic E-state index is -4.59. The van der Waals surface area contributed by atoms with Crippen molar-refractivity contribution in [3.05, 3.63) is 0 Å². The van der Waals surface area contributed by atoms with E-state index in [0.717, 1.165) is 7.11 Å². The average Bonchev–Trinajstić information content (AvgIpc) is 2.50. The highest BCUT2D eigenvalue weighted by Crippen LogP contribution is 2.37. The molecule has 0 saturated carbocycles. The number of hydrogen-bond acceptors (Lipinski definition) is 3. The molecule has 1 aliphatic rings. The Morgan fingerprint density at radius 1 is 1.54 bits per heavy atom. The smallest absolute Gasteiger partial charge is 0.417 e. The molecule has 0 aliphatic carbocycles. The number of carbonyl (C=O) groups excluding carboxylic acids is 1. The van der Waals surface area contributed by atoms with E-state index in [1.165, 1.54) is 0 Å². The molecule has 1 atom stereocenters. The normalized spacial score (nSPS) is 28.9. The van der Waals surface area contributed by atoms with E-state index in [4.69, 9.17) is 0 Å². The molecule has 0 aromatic carbocycles. The van der Waals surface area contributed by atoms with Crippen LogP contribution in [0.3, 0.4) is 0 Å². The number of alkyl halides is 3. The Bertz CT molecular complexity index is 208. The molecule has 1 fully saturated rings. The molecule has 1 heterocycles. The van der Waals surface area contributed by atoms with Crippen molar-refractivity contribution in [2.24, 2.45) is 0 Å². The molecule has 0 unspecified atom stereocenters. The largest absolute Gasteiger partial charge is 0.467 e. The molecule has 6 heteroatoms. The predicted molar refractivity (Wildman–Crippen MR) is 38.0 cm³/mol. The highest BCUT2D eigenvalue weighted by molar-refractivity contribution is 5.82. The minimum absolute atomic E-state index is 0.189. The zero-order valence-electron chi connectivity index (χ0n) is 7.07. The first-order valence-electron chi connectivity index (χ1n) is 3.84. The number of carbonyl (C=O) groups is 1. The van der Waals surface area contributed by atoms with Crippen LogP contribution in [0.4, 0.5) is 13.2 Å². The van der Waals surface area contributed by atoms with E-state index >= 15 is 0 Å². The van der Waals surface area contributed by atoms with Gasteiger partial charge < -0.3 is 4.74 Å². The molecule has 0 amide bonds. The molecule has 0 bridgehead atoms. The lowest BCUT2D eigenvalue weighted by atomic mass is 9.97. The van der Waals surface area contributed by atoms with Crippen molar-refractivity contribution < 1.29 is 22.7 Å². The highest BCUT2D eigenvalue weighted by Gasteiger charge is 2.62. The summed E-state index contributed by atoms with van der Waals surface area (Å²) in [5.41, 5.74) is -2.47. The van der Waals surface area contributed by atoms with Crippen LogP contribution >= 0.6 is 0 Å². The molecule has 1 rings (SSSR count). The Hall–Kier alpha value is -0.780. The topological polar surface area (TPSA) is 38.3 Å². The van der Waals surface area contributed by atoms with Crippen LogP contribution in [0.5, 0.6) is 0 Å². The summed E-state index contributed by atoms with van der Waals surface area (Å²) in [5, 5.41) is 2.16. The molecule has 76 valence electrons. The molecule has 0 spiro atoms. The summed E-state index contributed by atoms with van der Waals surface area (Å²) in [6.07, 6.45) is -4.51. The fourth-order valence-corrected chi connectivity index (χ4v) is 1.45. The Balaban J connectivity index is 2.94. The van der Waals surface area contributed by atoms with Gasteiger partial charge in [-0.2, -0.15) is 13.2 Å². The molecule has 0 radical (unpaired) electrons. The van der Waals surface area contributed by atoms with Crippen LogP contribution in [-0.4, -0.2) is 31.3 Å². The van der Waals surface area contributed by atoms with Crippen molar-refractivity contribution >= 4 is 5.97 Å². The van der Waals surface area contributed by atoms with Gasteiger partial charge in [0.25, 0.3) is 0 Å². The number of methoxy groups -OCH3 is 1. The minimum Gasteiger partial charge on any atom is -0.467 e. The maximum Gasteiger partial charge on any atom is 0.417 e. The van der Waals surface area contributed by atoms with Gasteiger partial charge in [-0.1, -0.05) is 0 Å².